The highest BCUT2D eigenvalue weighted by atomic mass is 16.5. The number of ether oxygens (including phenoxy) is 1. The van der Waals surface area contributed by atoms with Crippen molar-refractivity contribution in [2.75, 3.05) is 5.73 Å². The predicted octanol–water partition coefficient (Wildman–Crippen LogP) is 1.52. The van der Waals surface area contributed by atoms with E-state index >= 15 is 0 Å². The van der Waals surface area contributed by atoms with E-state index in [1.54, 1.807) is 10.9 Å². The summed E-state index contributed by atoms with van der Waals surface area (Å²) in [6.45, 7) is 0.406. The van der Waals surface area contributed by atoms with Gasteiger partial charge in [0.05, 0.1) is 6.33 Å². The number of benzene rings is 1. The van der Waals surface area contributed by atoms with Crippen LogP contribution in [-0.4, -0.2) is 19.5 Å². The van der Waals surface area contributed by atoms with Gasteiger partial charge in [0.15, 0.2) is 11.5 Å². The van der Waals surface area contributed by atoms with Gasteiger partial charge in [0.1, 0.15) is 12.1 Å². The fraction of sp³-hybridized carbons (Fsp3) is 0.154. The first-order valence-electron chi connectivity index (χ1n) is 5.85. The minimum atomic E-state index is 0.262. The smallest absolute Gasteiger partial charge is 0.320 e. The predicted molar refractivity (Wildman–Crippen MR) is 71.5 cm³/mol. The Morgan fingerprint density at radius 1 is 1.21 bits per heavy atom. The molecule has 19 heavy (non-hydrogen) atoms. The third-order valence-electron chi connectivity index (χ3n) is 2.78. The topological polar surface area (TPSA) is 78.9 Å². The maximum atomic E-state index is 5.83. The normalized spacial score (nSPS) is 10.8. The van der Waals surface area contributed by atoms with Crippen LogP contribution in [0.1, 0.15) is 5.56 Å². The second-order valence-electron chi connectivity index (χ2n) is 4.19. The molecule has 1 aromatic carbocycles. The van der Waals surface area contributed by atoms with Crippen LogP contribution in [-0.2, 0) is 13.7 Å². The van der Waals surface area contributed by atoms with Crippen molar-refractivity contribution in [3.8, 4) is 6.01 Å². The highest BCUT2D eigenvalue weighted by Gasteiger charge is 2.10. The highest BCUT2D eigenvalue weighted by molar-refractivity contribution is 5.81. The van der Waals surface area contributed by atoms with Crippen molar-refractivity contribution in [2.45, 2.75) is 6.61 Å². The molecule has 2 aromatic heterocycles. The maximum Gasteiger partial charge on any atom is 0.320 e. The summed E-state index contributed by atoms with van der Waals surface area (Å²) < 4.78 is 7.34. The van der Waals surface area contributed by atoms with Gasteiger partial charge in [0, 0.05) is 7.05 Å². The molecule has 0 aliphatic heterocycles. The molecule has 0 spiro atoms. The average molecular weight is 255 g/mol. The quantitative estimate of drug-likeness (QED) is 0.767. The van der Waals surface area contributed by atoms with Gasteiger partial charge >= 0.3 is 6.01 Å². The van der Waals surface area contributed by atoms with Gasteiger partial charge in [-0.25, -0.2) is 4.98 Å². The number of imidazole rings is 1. The van der Waals surface area contributed by atoms with Crippen molar-refractivity contribution in [1.82, 2.24) is 19.5 Å². The lowest BCUT2D eigenvalue weighted by atomic mass is 10.2. The SMILES string of the molecule is Cn1cnc2c(N)nc(OCc3ccccc3)nc21. The molecule has 0 bridgehead atoms. The Bertz CT molecular complexity index is 708. The Morgan fingerprint density at radius 2 is 2.00 bits per heavy atom. The number of hydrogen-bond donors (Lipinski definition) is 1. The van der Waals surface area contributed by atoms with Crippen LogP contribution < -0.4 is 10.5 Å². The van der Waals surface area contributed by atoms with Crippen molar-refractivity contribution in [2.24, 2.45) is 7.05 Å². The molecule has 96 valence electrons. The van der Waals surface area contributed by atoms with Crippen LogP contribution in [0.15, 0.2) is 36.7 Å². The lowest BCUT2D eigenvalue weighted by molar-refractivity contribution is 0.282. The molecule has 0 aliphatic carbocycles. The molecule has 3 rings (SSSR count). The molecule has 0 atom stereocenters. The molecule has 2 heterocycles. The van der Waals surface area contributed by atoms with E-state index in [0.29, 0.717) is 23.6 Å². The molecule has 6 nitrogen and oxygen atoms in total. The zero-order chi connectivity index (χ0) is 13.2. The number of fused-ring (bicyclic) bond motifs is 1. The van der Waals surface area contributed by atoms with Gasteiger partial charge in [-0.1, -0.05) is 30.3 Å². The van der Waals surface area contributed by atoms with E-state index in [9.17, 15) is 0 Å². The van der Waals surface area contributed by atoms with Gasteiger partial charge in [-0.2, -0.15) is 9.97 Å². The molecule has 2 N–H and O–H groups in total. The van der Waals surface area contributed by atoms with E-state index < -0.39 is 0 Å². The number of aryl methyl sites for hydroxylation is 1. The fourth-order valence-electron chi connectivity index (χ4n) is 1.79. The first-order valence-corrected chi connectivity index (χ1v) is 5.85. The second-order valence-corrected chi connectivity index (χ2v) is 4.19. The first kappa shape index (κ1) is 11.5. The van der Waals surface area contributed by atoms with Gasteiger partial charge in [0.25, 0.3) is 0 Å². The van der Waals surface area contributed by atoms with Gasteiger partial charge in [0.2, 0.25) is 0 Å². The van der Waals surface area contributed by atoms with Crippen molar-refractivity contribution in [3.05, 3.63) is 42.2 Å². The first-order chi connectivity index (χ1) is 9.24. The standard InChI is InChI=1S/C13H13N5O/c1-18-8-15-10-11(14)16-13(17-12(10)18)19-7-9-5-3-2-4-6-9/h2-6,8H,7H2,1H3,(H2,14,16,17). The van der Waals surface area contributed by atoms with Crippen LogP contribution in [0.5, 0.6) is 6.01 Å². The molecule has 0 radical (unpaired) electrons. The van der Waals surface area contributed by atoms with Gasteiger partial charge < -0.3 is 15.0 Å². The average Bonchev–Trinajstić information content (AvgIpc) is 2.80. The van der Waals surface area contributed by atoms with E-state index in [1.807, 2.05) is 37.4 Å². The minimum Gasteiger partial charge on any atom is -0.458 e. The van der Waals surface area contributed by atoms with E-state index in [0.717, 1.165) is 5.56 Å². The number of anilines is 1. The minimum absolute atomic E-state index is 0.262. The van der Waals surface area contributed by atoms with E-state index in [2.05, 4.69) is 15.0 Å². The Kier molecular flexibility index (Phi) is 2.75. The van der Waals surface area contributed by atoms with Crippen molar-refractivity contribution < 1.29 is 4.74 Å². The van der Waals surface area contributed by atoms with Crippen LogP contribution in [0.25, 0.3) is 11.2 Å². The summed E-state index contributed by atoms with van der Waals surface area (Å²) in [5, 5.41) is 0. The van der Waals surface area contributed by atoms with E-state index in [4.69, 9.17) is 10.5 Å². The third kappa shape index (κ3) is 2.20. The van der Waals surface area contributed by atoms with Crippen LogP contribution >= 0.6 is 0 Å². The summed E-state index contributed by atoms with van der Waals surface area (Å²) in [5.41, 5.74) is 8.14. The van der Waals surface area contributed by atoms with Crippen LogP contribution in [0, 0.1) is 0 Å². The molecule has 0 fully saturated rings. The van der Waals surface area contributed by atoms with Gasteiger partial charge in [-0.3, -0.25) is 0 Å². The maximum absolute atomic E-state index is 5.83. The van der Waals surface area contributed by atoms with Crippen molar-refractivity contribution in [1.29, 1.82) is 0 Å². The van der Waals surface area contributed by atoms with Crippen LogP contribution in [0.4, 0.5) is 5.82 Å². The van der Waals surface area contributed by atoms with Crippen molar-refractivity contribution in [3.63, 3.8) is 0 Å². The number of nitrogens with zero attached hydrogens (tertiary/aromatic N) is 4. The number of nitrogens with two attached hydrogens (primary N) is 1. The largest absolute Gasteiger partial charge is 0.458 e. The molecule has 0 amide bonds. The fourth-order valence-corrected chi connectivity index (χ4v) is 1.79. The number of hydrogen-bond acceptors (Lipinski definition) is 5. The van der Waals surface area contributed by atoms with Crippen LogP contribution in [0.2, 0.25) is 0 Å². The number of aromatic nitrogens is 4. The summed E-state index contributed by atoms with van der Waals surface area (Å²) in [4.78, 5) is 12.5. The lowest BCUT2D eigenvalue weighted by Gasteiger charge is -2.05. The third-order valence-corrected chi connectivity index (χ3v) is 2.78. The Hall–Kier alpha value is -2.63. The zero-order valence-corrected chi connectivity index (χ0v) is 10.4. The summed E-state index contributed by atoms with van der Waals surface area (Å²) in [7, 11) is 1.85. The molecule has 0 unspecified atom stereocenters. The molecular formula is C13H13N5O. The number of nitrogen functional groups attached to an aromatic ring is 1. The van der Waals surface area contributed by atoms with Gasteiger partial charge in [-0.15, -0.1) is 0 Å². The molecule has 0 saturated heterocycles. The molecule has 6 heteroatoms. The highest BCUT2D eigenvalue weighted by Crippen LogP contribution is 2.18. The molecule has 3 aromatic rings. The Labute approximate surface area is 109 Å². The Balaban J connectivity index is 1.87. The Morgan fingerprint density at radius 3 is 2.79 bits per heavy atom. The second kappa shape index (κ2) is 4.56. The summed E-state index contributed by atoms with van der Waals surface area (Å²) >= 11 is 0. The summed E-state index contributed by atoms with van der Waals surface area (Å²) in [6.07, 6.45) is 1.65. The number of rotatable bonds is 3. The summed E-state index contributed by atoms with van der Waals surface area (Å²) in [6, 6.07) is 10.1. The monoisotopic (exact) mass is 255 g/mol. The zero-order valence-electron chi connectivity index (χ0n) is 10.4. The molecule has 0 saturated carbocycles. The van der Waals surface area contributed by atoms with Crippen LogP contribution in [0.3, 0.4) is 0 Å². The molecular weight excluding hydrogens is 242 g/mol. The van der Waals surface area contributed by atoms with Gasteiger partial charge in [-0.05, 0) is 5.56 Å². The van der Waals surface area contributed by atoms with E-state index in [-0.39, 0.29) is 6.01 Å². The van der Waals surface area contributed by atoms with Crippen molar-refractivity contribution >= 4 is 17.0 Å². The molecule has 0 aliphatic rings. The van der Waals surface area contributed by atoms with E-state index in [1.165, 1.54) is 0 Å². The lowest BCUT2D eigenvalue weighted by Crippen LogP contribution is -2.03. The summed E-state index contributed by atoms with van der Waals surface area (Å²) in [5.74, 6) is 0.327.